The molecule has 0 unspecified atom stereocenters. The first-order chi connectivity index (χ1) is 12.2. The summed E-state index contributed by atoms with van der Waals surface area (Å²) in [5, 5.41) is 2.63. The van der Waals surface area contributed by atoms with Crippen LogP contribution in [0.15, 0.2) is 36.5 Å². The molecule has 0 atom stereocenters. The normalized spacial score (nSPS) is 10.4. The largest absolute Gasteiger partial charge is 0.444 e. The predicted molar refractivity (Wildman–Crippen MR) is 106 cm³/mol. The van der Waals surface area contributed by atoms with E-state index in [0.717, 1.165) is 16.7 Å². The minimum atomic E-state index is -0.623. The number of hydrogen-bond acceptors (Lipinski definition) is 4. The highest BCUT2D eigenvalue weighted by atomic mass is 16.6. The molecule has 0 saturated heterocycles. The van der Waals surface area contributed by atoms with Crippen LogP contribution >= 0.6 is 0 Å². The molecule has 0 fully saturated rings. The highest BCUT2D eigenvalue weighted by Gasteiger charge is 2.19. The highest BCUT2D eigenvalue weighted by molar-refractivity contribution is 6.01. The average molecular weight is 356 g/mol. The van der Waals surface area contributed by atoms with Crippen LogP contribution in [0.4, 0.5) is 10.5 Å². The number of aromatic nitrogens is 1. The molecule has 2 rings (SSSR count). The quantitative estimate of drug-likeness (QED) is 0.723. The molecule has 0 saturated carbocycles. The van der Waals surface area contributed by atoms with Crippen LogP contribution in [0.5, 0.6) is 0 Å². The third-order valence-electron chi connectivity index (χ3n) is 3.21. The first-order valence-electron chi connectivity index (χ1n) is 8.74. The second-order valence-electron chi connectivity index (χ2n) is 6.67. The number of nitrogens with one attached hydrogen (secondary N) is 1. The summed E-state index contributed by atoms with van der Waals surface area (Å²) < 4.78 is 5.25. The van der Waals surface area contributed by atoms with E-state index in [1.807, 2.05) is 45.0 Å². The van der Waals surface area contributed by atoms with Crippen LogP contribution in [0, 0.1) is 6.92 Å². The van der Waals surface area contributed by atoms with Crippen molar-refractivity contribution in [1.29, 1.82) is 0 Å². The molecule has 0 spiro atoms. The molecule has 1 aromatic carbocycles. The Bertz CT molecular complexity index is 777. The number of anilines is 1. The van der Waals surface area contributed by atoms with Crippen molar-refractivity contribution < 1.29 is 14.3 Å². The summed E-state index contributed by atoms with van der Waals surface area (Å²) in [4.78, 5) is 28.0. The van der Waals surface area contributed by atoms with Crippen molar-refractivity contribution in [3.05, 3.63) is 47.8 Å². The summed E-state index contributed by atoms with van der Waals surface area (Å²) in [7, 11) is 0. The fourth-order valence-corrected chi connectivity index (χ4v) is 2.24. The van der Waals surface area contributed by atoms with Crippen LogP contribution in [0.2, 0.25) is 0 Å². The molecule has 0 radical (unpaired) electrons. The molecule has 2 aromatic rings. The van der Waals surface area contributed by atoms with E-state index < -0.39 is 11.7 Å². The minimum Gasteiger partial charge on any atom is -0.444 e. The molecular weight excluding hydrogens is 328 g/mol. The standard InChI is InChI=1S/C19H22N2O3.C2H6/c1-12-7-6-8-14(9-12)15-10-16(17(13(2)22)20-11-15)21-18(23)24-19(3,4)5;1-2/h6-11H,1-5H3,(H,21,23);1-2H3. The fourth-order valence-electron chi connectivity index (χ4n) is 2.24. The van der Waals surface area contributed by atoms with Crippen LogP contribution in [-0.4, -0.2) is 22.5 Å². The first-order valence-corrected chi connectivity index (χ1v) is 8.74. The Kier molecular flexibility index (Phi) is 7.50. The van der Waals surface area contributed by atoms with Gasteiger partial charge in [-0.3, -0.25) is 15.1 Å². The lowest BCUT2D eigenvalue weighted by Crippen LogP contribution is -2.27. The molecule has 0 bridgehead atoms. The molecule has 1 amide bonds. The Morgan fingerprint density at radius 2 is 1.73 bits per heavy atom. The number of carbonyl (C=O) groups excluding carboxylic acids is 2. The Hall–Kier alpha value is -2.69. The van der Waals surface area contributed by atoms with E-state index in [4.69, 9.17) is 4.74 Å². The van der Waals surface area contributed by atoms with Crippen LogP contribution in [0.25, 0.3) is 11.1 Å². The van der Waals surface area contributed by atoms with Gasteiger partial charge in [-0.1, -0.05) is 43.7 Å². The zero-order valence-electron chi connectivity index (χ0n) is 16.6. The van der Waals surface area contributed by atoms with Gasteiger partial charge in [0.2, 0.25) is 0 Å². The van der Waals surface area contributed by atoms with Gasteiger partial charge in [0, 0.05) is 18.7 Å². The molecule has 1 heterocycles. The van der Waals surface area contributed by atoms with Gasteiger partial charge >= 0.3 is 6.09 Å². The summed E-state index contributed by atoms with van der Waals surface area (Å²) in [6, 6.07) is 9.66. The van der Waals surface area contributed by atoms with Crippen molar-refractivity contribution in [2.75, 3.05) is 5.32 Å². The maximum atomic E-state index is 12.0. The van der Waals surface area contributed by atoms with E-state index in [-0.39, 0.29) is 11.5 Å². The van der Waals surface area contributed by atoms with Gasteiger partial charge in [0.05, 0.1) is 5.69 Å². The lowest BCUT2D eigenvalue weighted by atomic mass is 10.0. The number of Topliss-reactive ketones (excluding diaryl/α,β-unsaturated/α-hetero) is 1. The zero-order valence-corrected chi connectivity index (χ0v) is 16.6. The van der Waals surface area contributed by atoms with Crippen LogP contribution in [0.3, 0.4) is 0 Å². The Labute approximate surface area is 155 Å². The number of pyridine rings is 1. The summed E-state index contributed by atoms with van der Waals surface area (Å²) >= 11 is 0. The molecule has 0 aliphatic carbocycles. The number of nitrogens with zero attached hydrogens (tertiary/aromatic N) is 1. The molecule has 5 nitrogen and oxygen atoms in total. The molecule has 140 valence electrons. The van der Waals surface area contributed by atoms with Gasteiger partial charge in [0.25, 0.3) is 0 Å². The van der Waals surface area contributed by atoms with Gasteiger partial charge in [-0.05, 0) is 39.3 Å². The number of aryl methyl sites for hydroxylation is 1. The first kappa shape index (κ1) is 21.4. The third kappa shape index (κ3) is 6.31. The van der Waals surface area contributed by atoms with Gasteiger partial charge in [0.1, 0.15) is 11.3 Å². The minimum absolute atomic E-state index is 0.206. The van der Waals surface area contributed by atoms with Gasteiger partial charge in [-0.25, -0.2) is 4.79 Å². The van der Waals surface area contributed by atoms with Crippen molar-refractivity contribution in [3.63, 3.8) is 0 Å². The van der Waals surface area contributed by atoms with Gasteiger partial charge in [0.15, 0.2) is 5.78 Å². The Morgan fingerprint density at radius 3 is 2.27 bits per heavy atom. The van der Waals surface area contributed by atoms with E-state index in [2.05, 4.69) is 10.3 Å². The molecule has 0 aliphatic heterocycles. The maximum Gasteiger partial charge on any atom is 0.412 e. The van der Waals surface area contributed by atoms with E-state index >= 15 is 0 Å². The van der Waals surface area contributed by atoms with Gasteiger partial charge < -0.3 is 4.74 Å². The SMILES string of the molecule is CC.CC(=O)c1ncc(-c2cccc(C)c2)cc1NC(=O)OC(C)(C)C. The van der Waals surface area contributed by atoms with Crippen LogP contribution in [-0.2, 0) is 4.74 Å². The number of ether oxygens (including phenoxy) is 1. The van der Waals surface area contributed by atoms with E-state index in [9.17, 15) is 9.59 Å². The second-order valence-corrected chi connectivity index (χ2v) is 6.67. The summed E-state index contributed by atoms with van der Waals surface area (Å²) in [6.07, 6.45) is 1.01. The molecule has 1 aromatic heterocycles. The molecule has 5 heteroatoms. The number of rotatable bonds is 3. The average Bonchev–Trinajstić information content (AvgIpc) is 2.54. The number of benzene rings is 1. The van der Waals surface area contributed by atoms with Crippen molar-refractivity contribution in [3.8, 4) is 11.1 Å². The van der Waals surface area contributed by atoms with Crippen LogP contribution in [0.1, 0.15) is 57.6 Å². The molecule has 26 heavy (non-hydrogen) atoms. The third-order valence-corrected chi connectivity index (χ3v) is 3.21. The number of carbonyl (C=O) groups is 2. The molecule has 1 N–H and O–H groups in total. The van der Waals surface area contributed by atoms with E-state index in [1.54, 1.807) is 33.0 Å². The maximum absolute atomic E-state index is 12.0. The Morgan fingerprint density at radius 1 is 1.08 bits per heavy atom. The summed E-state index contributed by atoms with van der Waals surface area (Å²) in [6.45, 7) is 12.7. The van der Waals surface area contributed by atoms with Crippen LogP contribution < -0.4 is 5.32 Å². The monoisotopic (exact) mass is 356 g/mol. The number of hydrogen-bond donors (Lipinski definition) is 1. The molecule has 0 aliphatic rings. The fraction of sp³-hybridized carbons (Fsp3) is 0.381. The predicted octanol–water partition coefficient (Wildman–Crippen LogP) is 5.63. The van der Waals surface area contributed by atoms with Gasteiger partial charge in [-0.15, -0.1) is 0 Å². The van der Waals surface area contributed by atoms with E-state index in [1.165, 1.54) is 6.92 Å². The summed E-state index contributed by atoms with van der Waals surface area (Å²) in [5.41, 5.74) is 2.82. The smallest absolute Gasteiger partial charge is 0.412 e. The lowest BCUT2D eigenvalue weighted by Gasteiger charge is -2.20. The number of ketones is 1. The molecular formula is C21H28N2O3. The van der Waals surface area contributed by atoms with Crippen molar-refractivity contribution >= 4 is 17.6 Å². The van der Waals surface area contributed by atoms with Crippen molar-refractivity contribution in [1.82, 2.24) is 4.98 Å². The van der Waals surface area contributed by atoms with Crippen molar-refractivity contribution in [2.24, 2.45) is 0 Å². The highest BCUT2D eigenvalue weighted by Crippen LogP contribution is 2.25. The van der Waals surface area contributed by atoms with Gasteiger partial charge in [-0.2, -0.15) is 0 Å². The second kappa shape index (κ2) is 9.13. The van der Waals surface area contributed by atoms with E-state index in [0.29, 0.717) is 5.69 Å². The topological polar surface area (TPSA) is 68.3 Å². The summed E-state index contributed by atoms with van der Waals surface area (Å²) in [5.74, 6) is -0.225. The Balaban J connectivity index is 0.00000163. The zero-order chi connectivity index (χ0) is 19.9. The number of amides is 1. The van der Waals surface area contributed by atoms with Crippen molar-refractivity contribution in [2.45, 2.75) is 54.1 Å². The lowest BCUT2D eigenvalue weighted by molar-refractivity contribution is 0.0636.